The zero-order chi connectivity index (χ0) is 15.1. The number of fused-ring (bicyclic) bond motifs is 4. The molecule has 1 aliphatic carbocycles. The van der Waals surface area contributed by atoms with Crippen LogP contribution in [0.4, 0.5) is 11.8 Å². The number of rotatable bonds is 4. The lowest BCUT2D eigenvalue weighted by Gasteiger charge is -2.36. The molecule has 22 heavy (non-hydrogen) atoms. The Hall–Kier alpha value is -1.36. The molecule has 5 heteroatoms. The van der Waals surface area contributed by atoms with Crippen LogP contribution in [0.5, 0.6) is 0 Å². The van der Waals surface area contributed by atoms with E-state index in [1.165, 1.54) is 38.8 Å². The Kier molecular flexibility index (Phi) is 3.68. The highest BCUT2D eigenvalue weighted by Gasteiger charge is 2.37. The lowest BCUT2D eigenvalue weighted by Crippen LogP contribution is -2.44. The molecule has 0 amide bonds. The van der Waals surface area contributed by atoms with Crippen LogP contribution >= 0.6 is 0 Å². The molecule has 4 aliphatic rings. The van der Waals surface area contributed by atoms with Gasteiger partial charge in [-0.3, -0.25) is 4.90 Å². The molecule has 1 aromatic heterocycles. The van der Waals surface area contributed by atoms with E-state index in [-0.39, 0.29) is 0 Å². The fraction of sp³-hybridized carbons (Fsp3) is 0.765. The first-order valence-corrected chi connectivity index (χ1v) is 8.73. The van der Waals surface area contributed by atoms with Gasteiger partial charge < -0.3 is 10.2 Å². The van der Waals surface area contributed by atoms with Crippen LogP contribution in [0.15, 0.2) is 6.07 Å². The first kappa shape index (κ1) is 14.2. The van der Waals surface area contributed by atoms with Gasteiger partial charge in [0.1, 0.15) is 5.82 Å². The maximum absolute atomic E-state index is 4.70. The van der Waals surface area contributed by atoms with Crippen molar-refractivity contribution in [3.8, 4) is 0 Å². The number of hydrogen-bond donors (Lipinski definition) is 1. The average Bonchev–Trinajstić information content (AvgIpc) is 3.34. The molecule has 120 valence electrons. The average molecular weight is 301 g/mol. The molecule has 3 aliphatic heterocycles. The standard InChI is InChI=1S/C17H27N5/c1-12-7-16(18-2)20-17(19-12)22-10-14-5-6-15(11-22)21(9-14)8-13-3-4-13/h7,13-15H,3-6,8-11H2,1-2H3,(H,18,19,20)/t14-,15-/m1/s1. The number of hydrogen-bond acceptors (Lipinski definition) is 5. The molecule has 1 aromatic rings. The summed E-state index contributed by atoms with van der Waals surface area (Å²) >= 11 is 0. The highest BCUT2D eigenvalue weighted by molar-refractivity contribution is 5.43. The maximum Gasteiger partial charge on any atom is 0.227 e. The number of piperidine rings is 1. The molecular weight excluding hydrogens is 274 g/mol. The van der Waals surface area contributed by atoms with E-state index in [1.807, 2.05) is 13.1 Å². The highest BCUT2D eigenvalue weighted by Crippen LogP contribution is 2.35. The fourth-order valence-corrected chi connectivity index (χ4v) is 4.02. The Morgan fingerprint density at radius 3 is 2.77 bits per heavy atom. The quantitative estimate of drug-likeness (QED) is 0.923. The van der Waals surface area contributed by atoms with E-state index in [1.54, 1.807) is 0 Å². The fourth-order valence-electron chi connectivity index (χ4n) is 4.02. The van der Waals surface area contributed by atoms with E-state index in [9.17, 15) is 0 Å². The second-order valence-electron chi connectivity index (χ2n) is 7.34. The van der Waals surface area contributed by atoms with Gasteiger partial charge in [-0.2, -0.15) is 4.98 Å². The summed E-state index contributed by atoms with van der Waals surface area (Å²) in [7, 11) is 1.93. The Balaban J connectivity index is 1.54. The second kappa shape index (κ2) is 5.69. The van der Waals surface area contributed by atoms with Gasteiger partial charge in [0.25, 0.3) is 0 Å². The summed E-state index contributed by atoms with van der Waals surface area (Å²) in [6, 6.07) is 2.71. The van der Waals surface area contributed by atoms with Crippen molar-refractivity contribution in [3.05, 3.63) is 11.8 Å². The normalized spacial score (nSPS) is 28.7. The van der Waals surface area contributed by atoms with E-state index in [4.69, 9.17) is 9.97 Å². The lowest BCUT2D eigenvalue weighted by molar-refractivity contribution is 0.128. The summed E-state index contributed by atoms with van der Waals surface area (Å²) in [4.78, 5) is 14.6. The first-order chi connectivity index (χ1) is 10.7. The molecule has 5 rings (SSSR count). The van der Waals surface area contributed by atoms with Gasteiger partial charge in [-0.15, -0.1) is 0 Å². The Morgan fingerprint density at radius 1 is 1.14 bits per heavy atom. The van der Waals surface area contributed by atoms with Gasteiger partial charge in [0.05, 0.1) is 0 Å². The van der Waals surface area contributed by atoms with Crippen LogP contribution in [-0.4, -0.2) is 54.1 Å². The lowest BCUT2D eigenvalue weighted by atomic mass is 9.95. The van der Waals surface area contributed by atoms with Gasteiger partial charge in [-0.25, -0.2) is 4.98 Å². The summed E-state index contributed by atoms with van der Waals surface area (Å²) in [6.45, 7) is 6.87. The predicted molar refractivity (Wildman–Crippen MR) is 89.3 cm³/mol. The number of anilines is 2. The van der Waals surface area contributed by atoms with Crippen LogP contribution in [0.3, 0.4) is 0 Å². The van der Waals surface area contributed by atoms with E-state index in [2.05, 4.69) is 22.0 Å². The molecule has 0 spiro atoms. The van der Waals surface area contributed by atoms with Crippen molar-refractivity contribution in [1.29, 1.82) is 0 Å². The van der Waals surface area contributed by atoms with E-state index in [0.717, 1.165) is 42.4 Å². The van der Waals surface area contributed by atoms with Crippen LogP contribution in [-0.2, 0) is 0 Å². The van der Waals surface area contributed by atoms with Crippen molar-refractivity contribution in [2.75, 3.05) is 43.4 Å². The zero-order valence-corrected chi connectivity index (χ0v) is 13.8. The molecule has 4 fully saturated rings. The van der Waals surface area contributed by atoms with Crippen LogP contribution in [0.1, 0.15) is 31.4 Å². The summed E-state index contributed by atoms with van der Waals surface area (Å²) in [5, 5.41) is 3.16. The SMILES string of the molecule is CNc1cc(C)nc(N2C[C@@H]3CC[C@H](C2)N(CC2CC2)C3)n1. The predicted octanol–water partition coefficient (Wildman–Crippen LogP) is 2.14. The van der Waals surface area contributed by atoms with Crippen molar-refractivity contribution < 1.29 is 0 Å². The topological polar surface area (TPSA) is 44.3 Å². The van der Waals surface area contributed by atoms with Crippen molar-refractivity contribution in [2.45, 2.75) is 38.6 Å². The van der Waals surface area contributed by atoms with Crippen molar-refractivity contribution in [3.63, 3.8) is 0 Å². The highest BCUT2D eigenvalue weighted by atomic mass is 15.3. The van der Waals surface area contributed by atoms with Gasteiger partial charge in [0, 0.05) is 51.0 Å². The number of nitrogens with zero attached hydrogens (tertiary/aromatic N) is 4. The number of aryl methyl sites for hydroxylation is 1. The van der Waals surface area contributed by atoms with Gasteiger partial charge in [-0.1, -0.05) is 0 Å². The van der Waals surface area contributed by atoms with Crippen LogP contribution in [0.25, 0.3) is 0 Å². The monoisotopic (exact) mass is 301 g/mol. The molecule has 0 unspecified atom stereocenters. The smallest absolute Gasteiger partial charge is 0.227 e. The minimum atomic E-state index is 0.696. The molecule has 5 nitrogen and oxygen atoms in total. The molecule has 3 saturated heterocycles. The molecule has 2 atom stereocenters. The van der Waals surface area contributed by atoms with Gasteiger partial charge in [0.2, 0.25) is 5.95 Å². The van der Waals surface area contributed by atoms with Gasteiger partial charge in [0.15, 0.2) is 0 Å². The number of aromatic nitrogens is 2. The third-order valence-corrected chi connectivity index (χ3v) is 5.40. The van der Waals surface area contributed by atoms with Gasteiger partial charge in [-0.05, 0) is 44.4 Å². The third-order valence-electron chi connectivity index (χ3n) is 5.40. The van der Waals surface area contributed by atoms with Gasteiger partial charge >= 0.3 is 0 Å². The van der Waals surface area contributed by atoms with Crippen LogP contribution in [0, 0.1) is 18.8 Å². The van der Waals surface area contributed by atoms with Crippen LogP contribution < -0.4 is 10.2 Å². The van der Waals surface area contributed by atoms with E-state index >= 15 is 0 Å². The molecule has 2 bridgehead atoms. The molecular formula is C17H27N5. The van der Waals surface area contributed by atoms with E-state index < -0.39 is 0 Å². The second-order valence-corrected chi connectivity index (χ2v) is 7.34. The van der Waals surface area contributed by atoms with Crippen molar-refractivity contribution in [2.24, 2.45) is 11.8 Å². The summed E-state index contributed by atoms with van der Waals surface area (Å²) in [5.74, 6) is 3.60. The third kappa shape index (κ3) is 2.91. The first-order valence-electron chi connectivity index (χ1n) is 8.73. The molecule has 4 heterocycles. The van der Waals surface area contributed by atoms with Crippen molar-refractivity contribution in [1.82, 2.24) is 14.9 Å². The molecule has 1 saturated carbocycles. The zero-order valence-electron chi connectivity index (χ0n) is 13.8. The molecule has 0 aromatic carbocycles. The van der Waals surface area contributed by atoms with Crippen LogP contribution in [0.2, 0.25) is 0 Å². The number of nitrogens with one attached hydrogen (secondary N) is 1. The summed E-state index contributed by atoms with van der Waals surface area (Å²) in [6.07, 6.45) is 5.61. The molecule has 0 radical (unpaired) electrons. The molecule has 1 N–H and O–H groups in total. The van der Waals surface area contributed by atoms with Crippen molar-refractivity contribution >= 4 is 11.8 Å². The Labute approximate surface area is 133 Å². The largest absolute Gasteiger partial charge is 0.373 e. The maximum atomic E-state index is 4.70. The minimum absolute atomic E-state index is 0.696. The summed E-state index contributed by atoms with van der Waals surface area (Å²) in [5.41, 5.74) is 1.04. The minimum Gasteiger partial charge on any atom is -0.373 e. The summed E-state index contributed by atoms with van der Waals surface area (Å²) < 4.78 is 0. The van der Waals surface area contributed by atoms with E-state index in [0.29, 0.717) is 6.04 Å². The Bertz CT molecular complexity index is 542. The Morgan fingerprint density at radius 2 is 2.00 bits per heavy atom.